The summed E-state index contributed by atoms with van der Waals surface area (Å²) in [5, 5.41) is 9.98. The number of aliphatic hydroxyl groups is 1. The maximum absolute atomic E-state index is 9.98. The fraction of sp³-hybridized carbons (Fsp3) is 0.538. The van der Waals surface area contributed by atoms with Crippen LogP contribution >= 0.6 is 0 Å². The fourth-order valence-corrected chi connectivity index (χ4v) is 1.69. The first-order chi connectivity index (χ1) is 8.01. The van der Waals surface area contributed by atoms with Gasteiger partial charge in [0, 0.05) is 11.6 Å². The third-order valence-corrected chi connectivity index (χ3v) is 2.85. The SMILES string of the molecule is COc1ccc(C(N)C(O)C(C)C)c(OC)c1. The fourth-order valence-electron chi connectivity index (χ4n) is 1.69. The lowest BCUT2D eigenvalue weighted by Gasteiger charge is -2.24. The van der Waals surface area contributed by atoms with E-state index in [1.54, 1.807) is 20.3 Å². The van der Waals surface area contributed by atoms with Crippen LogP contribution in [0.4, 0.5) is 0 Å². The Kier molecular flexibility index (Phi) is 4.78. The topological polar surface area (TPSA) is 64.7 Å². The van der Waals surface area contributed by atoms with E-state index in [1.807, 2.05) is 26.0 Å². The van der Waals surface area contributed by atoms with E-state index in [1.165, 1.54) is 0 Å². The normalized spacial score (nSPS) is 14.5. The van der Waals surface area contributed by atoms with Crippen molar-refractivity contribution in [2.45, 2.75) is 26.0 Å². The van der Waals surface area contributed by atoms with Crippen molar-refractivity contribution in [2.24, 2.45) is 11.7 Å². The lowest BCUT2D eigenvalue weighted by Crippen LogP contribution is -2.30. The number of hydrogen-bond donors (Lipinski definition) is 2. The molecule has 0 aliphatic heterocycles. The molecule has 4 nitrogen and oxygen atoms in total. The van der Waals surface area contributed by atoms with Crippen LogP contribution in [-0.2, 0) is 0 Å². The molecule has 4 heteroatoms. The highest BCUT2D eigenvalue weighted by Gasteiger charge is 2.23. The monoisotopic (exact) mass is 239 g/mol. The Balaban J connectivity index is 3.04. The number of benzene rings is 1. The van der Waals surface area contributed by atoms with E-state index in [-0.39, 0.29) is 5.92 Å². The minimum Gasteiger partial charge on any atom is -0.497 e. The Morgan fingerprint density at radius 1 is 1.18 bits per heavy atom. The molecule has 2 atom stereocenters. The molecule has 0 bridgehead atoms. The van der Waals surface area contributed by atoms with Gasteiger partial charge in [-0.15, -0.1) is 0 Å². The van der Waals surface area contributed by atoms with Gasteiger partial charge in [0.15, 0.2) is 0 Å². The molecule has 1 aromatic rings. The quantitative estimate of drug-likeness (QED) is 0.821. The Morgan fingerprint density at radius 3 is 2.29 bits per heavy atom. The second-order valence-corrected chi connectivity index (χ2v) is 4.37. The van der Waals surface area contributed by atoms with Crippen LogP contribution in [0.1, 0.15) is 25.5 Å². The summed E-state index contributed by atoms with van der Waals surface area (Å²) < 4.78 is 10.4. The van der Waals surface area contributed by atoms with Crippen LogP contribution in [-0.4, -0.2) is 25.4 Å². The Labute approximate surface area is 102 Å². The third kappa shape index (κ3) is 3.11. The maximum Gasteiger partial charge on any atom is 0.127 e. The molecule has 17 heavy (non-hydrogen) atoms. The van der Waals surface area contributed by atoms with Crippen LogP contribution < -0.4 is 15.2 Å². The predicted octanol–water partition coefficient (Wildman–Crippen LogP) is 1.72. The Morgan fingerprint density at radius 2 is 1.82 bits per heavy atom. The summed E-state index contributed by atoms with van der Waals surface area (Å²) in [4.78, 5) is 0. The highest BCUT2D eigenvalue weighted by molar-refractivity contribution is 5.42. The van der Waals surface area contributed by atoms with Crippen molar-refractivity contribution in [3.8, 4) is 11.5 Å². The third-order valence-electron chi connectivity index (χ3n) is 2.85. The molecule has 2 unspecified atom stereocenters. The largest absolute Gasteiger partial charge is 0.497 e. The summed E-state index contributed by atoms with van der Waals surface area (Å²) in [6.45, 7) is 3.86. The lowest BCUT2D eigenvalue weighted by molar-refractivity contribution is 0.0969. The second kappa shape index (κ2) is 5.89. The molecule has 0 aliphatic rings. The first kappa shape index (κ1) is 13.8. The van der Waals surface area contributed by atoms with Gasteiger partial charge in [0.2, 0.25) is 0 Å². The van der Waals surface area contributed by atoms with Gasteiger partial charge in [-0.3, -0.25) is 0 Å². The van der Waals surface area contributed by atoms with E-state index < -0.39 is 12.1 Å². The number of methoxy groups -OCH3 is 2. The minimum absolute atomic E-state index is 0.0943. The van der Waals surface area contributed by atoms with Crippen LogP contribution in [0.15, 0.2) is 18.2 Å². The van der Waals surface area contributed by atoms with E-state index in [4.69, 9.17) is 15.2 Å². The summed E-state index contributed by atoms with van der Waals surface area (Å²) in [5.41, 5.74) is 6.82. The standard InChI is InChI=1S/C13H21NO3/c1-8(2)13(15)12(14)10-6-5-9(16-3)7-11(10)17-4/h5-8,12-13,15H,14H2,1-4H3. The first-order valence-corrected chi connectivity index (χ1v) is 5.66. The van der Waals surface area contributed by atoms with Gasteiger partial charge in [-0.25, -0.2) is 0 Å². The van der Waals surface area contributed by atoms with Crippen molar-refractivity contribution in [2.75, 3.05) is 14.2 Å². The predicted molar refractivity (Wildman–Crippen MR) is 67.3 cm³/mol. The molecule has 0 spiro atoms. The van der Waals surface area contributed by atoms with Crippen molar-refractivity contribution < 1.29 is 14.6 Å². The molecule has 0 fully saturated rings. The molecule has 96 valence electrons. The maximum atomic E-state index is 9.98. The van der Waals surface area contributed by atoms with Gasteiger partial charge in [-0.1, -0.05) is 13.8 Å². The molecule has 0 aromatic heterocycles. The van der Waals surface area contributed by atoms with Crippen molar-refractivity contribution in [1.82, 2.24) is 0 Å². The second-order valence-electron chi connectivity index (χ2n) is 4.37. The van der Waals surface area contributed by atoms with Crippen molar-refractivity contribution in [1.29, 1.82) is 0 Å². The summed E-state index contributed by atoms with van der Waals surface area (Å²) in [5.74, 6) is 1.44. The van der Waals surface area contributed by atoms with Gasteiger partial charge in [0.1, 0.15) is 11.5 Å². The summed E-state index contributed by atoms with van der Waals surface area (Å²) in [7, 11) is 3.17. The summed E-state index contributed by atoms with van der Waals surface area (Å²) in [6, 6.07) is 4.94. The number of nitrogens with two attached hydrogens (primary N) is 1. The molecule has 0 radical (unpaired) electrons. The van der Waals surface area contributed by atoms with Crippen LogP contribution in [0, 0.1) is 5.92 Å². The van der Waals surface area contributed by atoms with E-state index >= 15 is 0 Å². The van der Waals surface area contributed by atoms with Gasteiger partial charge < -0.3 is 20.3 Å². The zero-order valence-electron chi connectivity index (χ0n) is 10.8. The van der Waals surface area contributed by atoms with Crippen LogP contribution in [0.5, 0.6) is 11.5 Å². The molecule has 1 aromatic carbocycles. The molecule has 0 saturated heterocycles. The van der Waals surface area contributed by atoms with Crippen LogP contribution in [0.25, 0.3) is 0 Å². The minimum atomic E-state index is -0.600. The molecule has 3 N–H and O–H groups in total. The number of ether oxygens (including phenoxy) is 2. The highest BCUT2D eigenvalue weighted by atomic mass is 16.5. The van der Waals surface area contributed by atoms with E-state index in [9.17, 15) is 5.11 Å². The molecular formula is C13H21NO3. The lowest BCUT2D eigenvalue weighted by atomic mass is 9.94. The Hall–Kier alpha value is -1.26. The zero-order chi connectivity index (χ0) is 13.0. The summed E-state index contributed by atoms with van der Waals surface area (Å²) >= 11 is 0. The van der Waals surface area contributed by atoms with Crippen molar-refractivity contribution >= 4 is 0 Å². The van der Waals surface area contributed by atoms with Gasteiger partial charge in [-0.2, -0.15) is 0 Å². The van der Waals surface area contributed by atoms with Gasteiger partial charge in [-0.05, 0) is 18.1 Å². The van der Waals surface area contributed by atoms with E-state index in [0.717, 1.165) is 5.56 Å². The van der Waals surface area contributed by atoms with Crippen LogP contribution in [0.2, 0.25) is 0 Å². The number of rotatable bonds is 5. The molecule has 0 amide bonds. The number of aliphatic hydroxyl groups excluding tert-OH is 1. The van der Waals surface area contributed by atoms with E-state index in [0.29, 0.717) is 11.5 Å². The average molecular weight is 239 g/mol. The van der Waals surface area contributed by atoms with Gasteiger partial charge in [0.05, 0.1) is 26.4 Å². The van der Waals surface area contributed by atoms with Crippen molar-refractivity contribution in [3.63, 3.8) is 0 Å². The number of hydrogen-bond acceptors (Lipinski definition) is 4. The molecule has 0 saturated carbocycles. The molecule has 1 rings (SSSR count). The summed E-state index contributed by atoms with van der Waals surface area (Å²) in [6.07, 6.45) is -0.600. The van der Waals surface area contributed by atoms with Gasteiger partial charge in [0.25, 0.3) is 0 Å². The van der Waals surface area contributed by atoms with Gasteiger partial charge >= 0.3 is 0 Å². The molecule has 0 heterocycles. The highest BCUT2D eigenvalue weighted by Crippen LogP contribution is 2.31. The average Bonchev–Trinajstić information content (AvgIpc) is 2.35. The molecular weight excluding hydrogens is 218 g/mol. The Bertz CT molecular complexity index is 366. The van der Waals surface area contributed by atoms with Crippen molar-refractivity contribution in [3.05, 3.63) is 23.8 Å². The zero-order valence-corrected chi connectivity index (χ0v) is 10.8. The first-order valence-electron chi connectivity index (χ1n) is 5.66. The van der Waals surface area contributed by atoms with E-state index in [2.05, 4.69) is 0 Å². The molecule has 0 aliphatic carbocycles. The van der Waals surface area contributed by atoms with Crippen LogP contribution in [0.3, 0.4) is 0 Å². The smallest absolute Gasteiger partial charge is 0.127 e.